The van der Waals surface area contributed by atoms with Crippen LogP contribution in [0.25, 0.3) is 0 Å². The smallest absolute Gasteiger partial charge is 0.0466 e. The van der Waals surface area contributed by atoms with Crippen molar-refractivity contribution in [3.63, 3.8) is 0 Å². The van der Waals surface area contributed by atoms with Crippen LogP contribution in [0.2, 0.25) is 0 Å². The minimum absolute atomic E-state index is 0.922. The minimum Gasteiger partial charge on any atom is -0.381 e. The third kappa shape index (κ3) is 9.72. The van der Waals surface area contributed by atoms with Gasteiger partial charge in [0.05, 0.1) is 0 Å². The number of aryl methyl sites for hydroxylation is 1. The lowest BCUT2D eigenvalue weighted by molar-refractivity contribution is 0.126. The molecule has 0 aliphatic carbocycles. The molecule has 0 heterocycles. The third-order valence-corrected chi connectivity index (χ3v) is 3.39. The number of hydrogen-bond donors (Lipinski definition) is 0. The van der Waals surface area contributed by atoms with Gasteiger partial charge < -0.3 is 4.74 Å². The van der Waals surface area contributed by atoms with Gasteiger partial charge >= 0.3 is 0 Å². The fraction of sp³-hybridized carbons (Fsp3) is 0.611. The molecule has 0 bridgehead atoms. The van der Waals surface area contributed by atoms with Gasteiger partial charge in [-0.05, 0) is 31.2 Å². The summed E-state index contributed by atoms with van der Waals surface area (Å²) in [6, 6.07) is 10.7. The zero-order valence-electron chi connectivity index (χ0n) is 12.3. The van der Waals surface area contributed by atoms with E-state index < -0.39 is 0 Å². The maximum atomic E-state index is 5.67. The Labute approximate surface area is 119 Å². The summed E-state index contributed by atoms with van der Waals surface area (Å²) < 4.78 is 5.67. The quantitative estimate of drug-likeness (QED) is 0.470. The van der Waals surface area contributed by atoms with Gasteiger partial charge in [0.15, 0.2) is 0 Å². The first-order valence-corrected chi connectivity index (χ1v) is 7.84. The van der Waals surface area contributed by atoms with Crippen LogP contribution < -0.4 is 0 Å². The van der Waals surface area contributed by atoms with Crippen LogP contribution in [0, 0.1) is 6.92 Å². The van der Waals surface area contributed by atoms with E-state index in [0.29, 0.717) is 0 Å². The molecule has 0 aromatic heterocycles. The number of rotatable bonds is 12. The largest absolute Gasteiger partial charge is 0.381 e. The Morgan fingerprint density at radius 1 is 0.737 bits per heavy atom. The van der Waals surface area contributed by atoms with E-state index in [2.05, 4.69) is 37.3 Å². The fourth-order valence-corrected chi connectivity index (χ4v) is 2.19. The standard InChI is InChI=1S/C18H29O/c1-2-3-4-5-6-11-16-19-17-12-10-15-18-13-8-7-9-14-18/h7-9,13-14H,1-6,10-12,15-17H2. The second-order valence-electron chi connectivity index (χ2n) is 5.18. The molecule has 0 fully saturated rings. The molecule has 0 N–H and O–H groups in total. The van der Waals surface area contributed by atoms with Crippen LogP contribution in [-0.2, 0) is 11.2 Å². The molecule has 0 aliphatic rings. The van der Waals surface area contributed by atoms with E-state index in [-0.39, 0.29) is 0 Å². The van der Waals surface area contributed by atoms with Gasteiger partial charge in [0.2, 0.25) is 0 Å². The van der Waals surface area contributed by atoms with Crippen LogP contribution in [0.5, 0.6) is 0 Å². The summed E-state index contributed by atoms with van der Waals surface area (Å²) in [6.45, 7) is 5.72. The highest BCUT2D eigenvalue weighted by atomic mass is 16.5. The molecular formula is C18H29O. The van der Waals surface area contributed by atoms with E-state index >= 15 is 0 Å². The average Bonchev–Trinajstić information content (AvgIpc) is 2.46. The lowest BCUT2D eigenvalue weighted by atomic mass is 10.1. The Hall–Kier alpha value is -0.820. The predicted molar refractivity (Wildman–Crippen MR) is 83.3 cm³/mol. The van der Waals surface area contributed by atoms with Crippen LogP contribution in [0.3, 0.4) is 0 Å². The first-order valence-electron chi connectivity index (χ1n) is 7.84. The van der Waals surface area contributed by atoms with Crippen LogP contribution >= 0.6 is 0 Å². The normalized spacial score (nSPS) is 10.8. The molecule has 107 valence electrons. The molecule has 1 radical (unpaired) electrons. The number of hydrogen-bond acceptors (Lipinski definition) is 1. The molecule has 1 nitrogen and oxygen atoms in total. The first-order chi connectivity index (χ1) is 9.43. The van der Waals surface area contributed by atoms with Crippen molar-refractivity contribution in [1.29, 1.82) is 0 Å². The Bertz CT molecular complexity index is 281. The monoisotopic (exact) mass is 261 g/mol. The van der Waals surface area contributed by atoms with Crippen molar-refractivity contribution < 1.29 is 4.74 Å². The van der Waals surface area contributed by atoms with Gasteiger partial charge in [-0.25, -0.2) is 0 Å². The van der Waals surface area contributed by atoms with Crippen LogP contribution in [0.4, 0.5) is 0 Å². The van der Waals surface area contributed by atoms with Gasteiger partial charge in [-0.15, -0.1) is 0 Å². The topological polar surface area (TPSA) is 9.23 Å². The summed E-state index contributed by atoms with van der Waals surface area (Å²) >= 11 is 0. The third-order valence-electron chi connectivity index (χ3n) is 3.39. The minimum atomic E-state index is 0.922. The molecule has 0 spiro atoms. The second-order valence-corrected chi connectivity index (χ2v) is 5.18. The summed E-state index contributed by atoms with van der Waals surface area (Å²) in [4.78, 5) is 0. The molecule has 0 atom stereocenters. The van der Waals surface area contributed by atoms with Crippen molar-refractivity contribution in [1.82, 2.24) is 0 Å². The van der Waals surface area contributed by atoms with Gasteiger partial charge in [0.25, 0.3) is 0 Å². The molecule has 0 saturated carbocycles. The molecule has 0 saturated heterocycles. The van der Waals surface area contributed by atoms with Crippen molar-refractivity contribution >= 4 is 0 Å². The number of unbranched alkanes of at least 4 members (excludes halogenated alkanes) is 6. The lowest BCUT2D eigenvalue weighted by Gasteiger charge is -2.04. The highest BCUT2D eigenvalue weighted by Crippen LogP contribution is 2.06. The van der Waals surface area contributed by atoms with E-state index in [0.717, 1.165) is 19.6 Å². The molecule has 0 amide bonds. The van der Waals surface area contributed by atoms with Crippen molar-refractivity contribution in [2.24, 2.45) is 0 Å². The van der Waals surface area contributed by atoms with Crippen molar-refractivity contribution in [3.8, 4) is 0 Å². The van der Waals surface area contributed by atoms with Gasteiger partial charge in [0.1, 0.15) is 0 Å². The van der Waals surface area contributed by atoms with E-state index in [1.807, 2.05) is 0 Å². The van der Waals surface area contributed by atoms with Gasteiger partial charge in [-0.3, -0.25) is 0 Å². The van der Waals surface area contributed by atoms with E-state index in [4.69, 9.17) is 4.74 Å². The molecule has 1 rings (SSSR count). The summed E-state index contributed by atoms with van der Waals surface area (Å²) in [5.41, 5.74) is 1.44. The molecule has 1 heteroatoms. The number of ether oxygens (including phenoxy) is 1. The lowest BCUT2D eigenvalue weighted by Crippen LogP contribution is -1.98. The molecule has 1 aromatic rings. The first kappa shape index (κ1) is 16.2. The predicted octanol–water partition coefficient (Wildman–Crippen LogP) is 5.20. The Morgan fingerprint density at radius 3 is 2.11 bits per heavy atom. The van der Waals surface area contributed by atoms with Crippen molar-refractivity contribution in [2.45, 2.75) is 57.8 Å². The summed E-state index contributed by atoms with van der Waals surface area (Å²) in [7, 11) is 0. The van der Waals surface area contributed by atoms with Crippen molar-refractivity contribution in [3.05, 3.63) is 42.8 Å². The summed E-state index contributed by atoms with van der Waals surface area (Å²) in [5.74, 6) is 0. The maximum Gasteiger partial charge on any atom is 0.0466 e. The zero-order valence-corrected chi connectivity index (χ0v) is 12.3. The van der Waals surface area contributed by atoms with E-state index in [1.54, 1.807) is 0 Å². The number of benzene rings is 1. The van der Waals surface area contributed by atoms with Crippen LogP contribution in [0.1, 0.15) is 56.9 Å². The Balaban J connectivity index is 1.79. The average molecular weight is 261 g/mol. The van der Waals surface area contributed by atoms with E-state index in [9.17, 15) is 0 Å². The molecular weight excluding hydrogens is 232 g/mol. The Morgan fingerprint density at radius 2 is 1.37 bits per heavy atom. The van der Waals surface area contributed by atoms with Crippen molar-refractivity contribution in [2.75, 3.05) is 13.2 Å². The van der Waals surface area contributed by atoms with E-state index in [1.165, 1.54) is 56.9 Å². The molecule has 19 heavy (non-hydrogen) atoms. The van der Waals surface area contributed by atoms with Crippen LogP contribution in [0.15, 0.2) is 30.3 Å². The zero-order chi connectivity index (χ0) is 13.6. The second kappa shape index (κ2) is 12.2. The Kier molecular flexibility index (Phi) is 10.4. The maximum absolute atomic E-state index is 5.67. The van der Waals surface area contributed by atoms with Gasteiger partial charge in [-0.2, -0.15) is 0 Å². The SMILES string of the molecule is [CH2]CCCCCCCOCCCCc1ccccc1. The molecule has 1 aromatic carbocycles. The van der Waals surface area contributed by atoms with Gasteiger partial charge in [-0.1, -0.05) is 69.4 Å². The fourth-order valence-electron chi connectivity index (χ4n) is 2.19. The van der Waals surface area contributed by atoms with Crippen LogP contribution in [-0.4, -0.2) is 13.2 Å². The molecule has 0 unspecified atom stereocenters. The van der Waals surface area contributed by atoms with Gasteiger partial charge in [0, 0.05) is 13.2 Å². The molecule has 0 aliphatic heterocycles. The summed E-state index contributed by atoms with van der Waals surface area (Å²) in [6.07, 6.45) is 11.1. The highest BCUT2D eigenvalue weighted by molar-refractivity contribution is 5.14. The summed E-state index contributed by atoms with van der Waals surface area (Å²) in [5, 5.41) is 0. The highest BCUT2D eigenvalue weighted by Gasteiger charge is 1.94.